The molecule has 2 saturated heterocycles. The predicted octanol–water partition coefficient (Wildman–Crippen LogP) is 2.82. The molecule has 4 heteroatoms. The van der Waals surface area contributed by atoms with E-state index in [-0.39, 0.29) is 5.91 Å². The summed E-state index contributed by atoms with van der Waals surface area (Å²) < 4.78 is 2.24. The van der Waals surface area contributed by atoms with Crippen LogP contribution in [0.3, 0.4) is 0 Å². The van der Waals surface area contributed by atoms with Gasteiger partial charge in [0.2, 0.25) is 0 Å². The number of aromatic nitrogens is 1. The standard InChI is InChI=1S/C18H29N3O/c1-5-20-13(2)12-15(14(20)3)18(22)21-11-7-9-17(21)16-8-6-10-19(16)4/h12,16-17H,5-11H2,1-4H3/t16-,17-/m1/s1. The largest absolute Gasteiger partial charge is 0.349 e. The molecule has 2 atom stereocenters. The molecule has 22 heavy (non-hydrogen) atoms. The van der Waals surface area contributed by atoms with Gasteiger partial charge >= 0.3 is 0 Å². The van der Waals surface area contributed by atoms with Crippen LogP contribution in [0.15, 0.2) is 6.07 Å². The van der Waals surface area contributed by atoms with Crippen LogP contribution >= 0.6 is 0 Å². The molecule has 0 N–H and O–H groups in total. The summed E-state index contributed by atoms with van der Waals surface area (Å²) in [7, 11) is 2.21. The van der Waals surface area contributed by atoms with E-state index in [1.807, 2.05) is 0 Å². The van der Waals surface area contributed by atoms with Gasteiger partial charge in [-0.25, -0.2) is 0 Å². The molecule has 2 fully saturated rings. The molecule has 0 aliphatic carbocycles. The lowest BCUT2D eigenvalue weighted by atomic mass is 10.0. The van der Waals surface area contributed by atoms with Crippen LogP contribution in [0.1, 0.15) is 54.4 Å². The Balaban J connectivity index is 1.85. The Labute approximate surface area is 134 Å². The fourth-order valence-electron chi connectivity index (χ4n) is 4.53. The van der Waals surface area contributed by atoms with Crippen molar-refractivity contribution in [2.45, 2.75) is 65.1 Å². The molecule has 2 aliphatic heterocycles. The number of rotatable bonds is 3. The van der Waals surface area contributed by atoms with Crippen molar-refractivity contribution in [2.75, 3.05) is 20.1 Å². The maximum Gasteiger partial charge on any atom is 0.255 e. The van der Waals surface area contributed by atoms with E-state index in [0.29, 0.717) is 12.1 Å². The Hall–Kier alpha value is -1.29. The van der Waals surface area contributed by atoms with Crippen LogP contribution < -0.4 is 0 Å². The minimum absolute atomic E-state index is 0.246. The van der Waals surface area contributed by atoms with Crippen LogP contribution in [0.25, 0.3) is 0 Å². The van der Waals surface area contributed by atoms with E-state index in [1.165, 1.54) is 25.1 Å². The minimum atomic E-state index is 0.246. The van der Waals surface area contributed by atoms with Crippen LogP contribution in [-0.4, -0.2) is 52.5 Å². The van der Waals surface area contributed by atoms with Gasteiger partial charge in [0.25, 0.3) is 5.91 Å². The van der Waals surface area contributed by atoms with Crippen LogP contribution in [-0.2, 0) is 6.54 Å². The second-order valence-electron chi connectivity index (χ2n) is 6.93. The van der Waals surface area contributed by atoms with Crippen molar-refractivity contribution in [1.29, 1.82) is 0 Å². The molecule has 0 radical (unpaired) electrons. The van der Waals surface area contributed by atoms with Crippen molar-refractivity contribution in [3.8, 4) is 0 Å². The van der Waals surface area contributed by atoms with Crippen molar-refractivity contribution in [2.24, 2.45) is 0 Å². The van der Waals surface area contributed by atoms with Gasteiger partial charge in [0.05, 0.1) is 5.56 Å². The molecule has 4 nitrogen and oxygen atoms in total. The molecule has 0 saturated carbocycles. The molecule has 0 bridgehead atoms. The fourth-order valence-corrected chi connectivity index (χ4v) is 4.53. The summed E-state index contributed by atoms with van der Waals surface area (Å²) in [5.41, 5.74) is 3.22. The van der Waals surface area contributed by atoms with Gasteiger partial charge in [-0.05, 0) is 66.1 Å². The zero-order chi connectivity index (χ0) is 15.9. The molecule has 1 aromatic rings. The number of hydrogen-bond acceptors (Lipinski definition) is 2. The highest BCUT2D eigenvalue weighted by Gasteiger charge is 2.39. The number of hydrogen-bond donors (Lipinski definition) is 0. The van der Waals surface area contributed by atoms with Crippen LogP contribution in [0.5, 0.6) is 0 Å². The number of carbonyl (C=O) groups excluding carboxylic acids is 1. The van der Waals surface area contributed by atoms with Gasteiger partial charge in [0.1, 0.15) is 0 Å². The summed E-state index contributed by atoms with van der Waals surface area (Å²) >= 11 is 0. The highest BCUT2D eigenvalue weighted by atomic mass is 16.2. The first kappa shape index (κ1) is 15.6. The molecule has 1 amide bonds. The Morgan fingerprint density at radius 1 is 1.18 bits per heavy atom. The van der Waals surface area contributed by atoms with Crippen molar-refractivity contribution >= 4 is 5.91 Å². The van der Waals surface area contributed by atoms with E-state index in [1.54, 1.807) is 0 Å². The molecular formula is C18H29N3O. The topological polar surface area (TPSA) is 28.5 Å². The Bertz CT molecular complexity index is 563. The second-order valence-corrected chi connectivity index (χ2v) is 6.93. The lowest BCUT2D eigenvalue weighted by Crippen LogP contribution is -2.47. The zero-order valence-corrected chi connectivity index (χ0v) is 14.4. The Kier molecular flexibility index (Phi) is 4.31. The van der Waals surface area contributed by atoms with Gasteiger partial charge in [0.15, 0.2) is 0 Å². The van der Waals surface area contributed by atoms with Crippen molar-refractivity contribution < 1.29 is 4.79 Å². The molecule has 2 aliphatic rings. The molecule has 122 valence electrons. The minimum Gasteiger partial charge on any atom is -0.349 e. The molecule has 1 aromatic heterocycles. The fraction of sp³-hybridized carbons (Fsp3) is 0.722. The lowest BCUT2D eigenvalue weighted by Gasteiger charge is -2.33. The van der Waals surface area contributed by atoms with E-state index in [9.17, 15) is 4.79 Å². The van der Waals surface area contributed by atoms with Gasteiger partial charge in [-0.3, -0.25) is 4.79 Å². The van der Waals surface area contributed by atoms with Crippen molar-refractivity contribution in [3.05, 3.63) is 23.0 Å². The molecule has 3 rings (SSSR count). The number of amides is 1. The monoisotopic (exact) mass is 303 g/mol. The average Bonchev–Trinajstić information content (AvgIpc) is 3.17. The van der Waals surface area contributed by atoms with Crippen molar-refractivity contribution in [1.82, 2.24) is 14.4 Å². The average molecular weight is 303 g/mol. The third kappa shape index (κ3) is 2.47. The number of likely N-dealkylation sites (tertiary alicyclic amines) is 2. The van der Waals surface area contributed by atoms with E-state index >= 15 is 0 Å². The first-order valence-corrected chi connectivity index (χ1v) is 8.72. The first-order chi connectivity index (χ1) is 10.5. The van der Waals surface area contributed by atoms with E-state index in [2.05, 4.69) is 48.3 Å². The Morgan fingerprint density at radius 2 is 1.86 bits per heavy atom. The first-order valence-electron chi connectivity index (χ1n) is 8.72. The van der Waals surface area contributed by atoms with Gasteiger partial charge in [-0.2, -0.15) is 0 Å². The quantitative estimate of drug-likeness (QED) is 0.859. The van der Waals surface area contributed by atoms with Crippen LogP contribution in [0.4, 0.5) is 0 Å². The summed E-state index contributed by atoms with van der Waals surface area (Å²) in [6.07, 6.45) is 4.81. The summed E-state index contributed by atoms with van der Waals surface area (Å²) in [5.74, 6) is 0.246. The van der Waals surface area contributed by atoms with E-state index < -0.39 is 0 Å². The van der Waals surface area contributed by atoms with Gasteiger partial charge in [-0.15, -0.1) is 0 Å². The number of nitrogens with zero attached hydrogens (tertiary/aromatic N) is 3. The van der Waals surface area contributed by atoms with Crippen LogP contribution in [0.2, 0.25) is 0 Å². The number of aryl methyl sites for hydroxylation is 1. The third-order valence-corrected chi connectivity index (χ3v) is 5.70. The molecule has 0 unspecified atom stereocenters. The number of likely N-dealkylation sites (N-methyl/N-ethyl adjacent to an activating group) is 1. The number of carbonyl (C=O) groups is 1. The third-order valence-electron chi connectivity index (χ3n) is 5.70. The summed E-state index contributed by atoms with van der Waals surface area (Å²) in [5, 5.41) is 0. The summed E-state index contributed by atoms with van der Waals surface area (Å²) in [6, 6.07) is 3.04. The highest BCUT2D eigenvalue weighted by molar-refractivity contribution is 5.96. The summed E-state index contributed by atoms with van der Waals surface area (Å²) in [4.78, 5) is 17.7. The highest BCUT2D eigenvalue weighted by Crippen LogP contribution is 2.31. The lowest BCUT2D eigenvalue weighted by molar-refractivity contribution is 0.0663. The smallest absolute Gasteiger partial charge is 0.255 e. The predicted molar refractivity (Wildman–Crippen MR) is 89.3 cm³/mol. The maximum absolute atomic E-state index is 13.1. The molecule has 3 heterocycles. The van der Waals surface area contributed by atoms with Gasteiger partial charge in [-0.1, -0.05) is 0 Å². The Morgan fingerprint density at radius 3 is 2.45 bits per heavy atom. The molecule has 0 spiro atoms. The van der Waals surface area contributed by atoms with E-state index in [4.69, 9.17) is 0 Å². The SMILES string of the molecule is CCn1c(C)cc(C(=O)N2CCC[C@@H]2[C@H]2CCCN2C)c1C. The zero-order valence-electron chi connectivity index (χ0n) is 14.4. The van der Waals surface area contributed by atoms with Crippen LogP contribution in [0, 0.1) is 13.8 Å². The van der Waals surface area contributed by atoms with E-state index in [0.717, 1.165) is 37.2 Å². The second kappa shape index (κ2) is 6.07. The molecular weight excluding hydrogens is 274 g/mol. The molecule has 0 aromatic carbocycles. The normalized spacial score (nSPS) is 26.1. The maximum atomic E-state index is 13.1. The van der Waals surface area contributed by atoms with Gasteiger partial charge in [0, 0.05) is 36.6 Å². The van der Waals surface area contributed by atoms with Crippen molar-refractivity contribution in [3.63, 3.8) is 0 Å². The summed E-state index contributed by atoms with van der Waals surface area (Å²) in [6.45, 7) is 9.34. The van der Waals surface area contributed by atoms with Gasteiger partial charge < -0.3 is 14.4 Å².